The van der Waals surface area contributed by atoms with Crippen LogP contribution in [0.5, 0.6) is 0 Å². The summed E-state index contributed by atoms with van der Waals surface area (Å²) < 4.78 is 42.9. The number of hydrogen-bond donors (Lipinski definition) is 1. The van der Waals surface area contributed by atoms with Crippen LogP contribution in [0.15, 0.2) is 12.4 Å². The number of nitrogens with zero attached hydrogens (tertiary/aromatic N) is 2. The van der Waals surface area contributed by atoms with E-state index in [1.165, 1.54) is 12.4 Å². The zero-order valence-corrected chi connectivity index (χ0v) is 11.6. The molecule has 1 heterocycles. The lowest BCUT2D eigenvalue weighted by Crippen LogP contribution is -2.47. The highest BCUT2D eigenvalue weighted by Gasteiger charge is 2.31. The molecule has 1 aromatic rings. The van der Waals surface area contributed by atoms with E-state index in [1.54, 1.807) is 20.8 Å². The second-order valence-electron chi connectivity index (χ2n) is 4.79. The normalized spacial score (nSPS) is 12.5. The third kappa shape index (κ3) is 4.84. The number of alkyl halides is 3. The maximum absolute atomic E-state index is 12.4. The molecule has 0 saturated heterocycles. The molecule has 0 fully saturated rings. The van der Waals surface area contributed by atoms with Crippen molar-refractivity contribution in [3.8, 4) is 0 Å². The topological polar surface area (TPSA) is 56.1 Å². The number of hydrogen-bond acceptors (Lipinski definition) is 4. The Bertz CT molecular complexity index is 455. The van der Waals surface area contributed by atoms with E-state index in [-0.39, 0.29) is 19.0 Å². The summed E-state index contributed by atoms with van der Waals surface area (Å²) in [6.07, 6.45) is -1.77. The monoisotopic (exact) mass is 293 g/mol. The van der Waals surface area contributed by atoms with Crippen molar-refractivity contribution in [1.82, 2.24) is 14.9 Å². The van der Waals surface area contributed by atoms with Crippen LogP contribution in [0.2, 0.25) is 0 Å². The molecule has 1 aromatic heterocycles. The van der Waals surface area contributed by atoms with E-state index in [0.29, 0.717) is 0 Å². The average molecular weight is 293 g/mol. The molecule has 8 heteroatoms. The van der Waals surface area contributed by atoms with Gasteiger partial charge in [-0.25, -0.2) is 4.98 Å². The van der Waals surface area contributed by atoms with Crippen LogP contribution in [0.3, 0.4) is 0 Å². The number of carbonyl (C=O) groups is 1. The minimum atomic E-state index is -4.31. The molecule has 0 spiro atoms. The zero-order valence-electron chi connectivity index (χ0n) is 11.6. The van der Waals surface area contributed by atoms with E-state index in [0.717, 1.165) is 4.57 Å². The Balaban J connectivity index is 2.66. The van der Waals surface area contributed by atoms with Crippen molar-refractivity contribution in [2.75, 3.05) is 6.61 Å². The fourth-order valence-corrected chi connectivity index (χ4v) is 1.53. The van der Waals surface area contributed by atoms with Crippen molar-refractivity contribution in [3.63, 3.8) is 0 Å². The first kappa shape index (κ1) is 16.5. The molecule has 0 aromatic carbocycles. The van der Waals surface area contributed by atoms with E-state index in [9.17, 15) is 18.0 Å². The highest BCUT2D eigenvalue weighted by atomic mass is 19.4. The fraction of sp³-hybridized carbons (Fsp3) is 0.667. The number of rotatable bonds is 6. The van der Waals surface area contributed by atoms with Gasteiger partial charge in [0.05, 0.1) is 13.2 Å². The summed E-state index contributed by atoms with van der Waals surface area (Å²) in [6.45, 7) is 4.06. The molecule has 0 aliphatic carbocycles. The molecule has 0 radical (unpaired) electrons. The van der Waals surface area contributed by atoms with Crippen LogP contribution in [-0.4, -0.2) is 33.8 Å². The predicted molar refractivity (Wildman–Crippen MR) is 65.8 cm³/mol. The second-order valence-corrected chi connectivity index (χ2v) is 4.79. The first-order valence-electron chi connectivity index (χ1n) is 6.14. The van der Waals surface area contributed by atoms with Gasteiger partial charge in [0.1, 0.15) is 17.9 Å². The van der Waals surface area contributed by atoms with Crippen LogP contribution in [-0.2, 0) is 22.6 Å². The van der Waals surface area contributed by atoms with Gasteiger partial charge < -0.3 is 9.30 Å². The highest BCUT2D eigenvalue weighted by molar-refractivity contribution is 5.79. The molecule has 0 unspecified atom stereocenters. The van der Waals surface area contributed by atoms with E-state index >= 15 is 0 Å². The molecule has 20 heavy (non-hydrogen) atoms. The van der Waals surface area contributed by atoms with Crippen molar-refractivity contribution in [1.29, 1.82) is 0 Å². The molecule has 0 atom stereocenters. The van der Waals surface area contributed by atoms with E-state index in [2.05, 4.69) is 10.3 Å². The Labute approximate surface area is 115 Å². The van der Waals surface area contributed by atoms with Gasteiger partial charge in [0.15, 0.2) is 0 Å². The third-order valence-corrected chi connectivity index (χ3v) is 2.63. The smallest absolute Gasteiger partial charge is 0.406 e. The van der Waals surface area contributed by atoms with Gasteiger partial charge in [-0.05, 0) is 20.8 Å². The molecule has 1 rings (SSSR count). The Morgan fingerprint density at radius 3 is 2.65 bits per heavy atom. The van der Waals surface area contributed by atoms with Gasteiger partial charge in [0.2, 0.25) is 0 Å². The number of nitrogens with one attached hydrogen (secondary N) is 1. The Hall–Kier alpha value is -1.57. The van der Waals surface area contributed by atoms with Crippen LogP contribution in [0.1, 0.15) is 26.6 Å². The van der Waals surface area contributed by atoms with Crippen molar-refractivity contribution in [2.24, 2.45) is 0 Å². The van der Waals surface area contributed by atoms with Crippen molar-refractivity contribution >= 4 is 5.97 Å². The standard InChI is InChI=1S/C12H18F3N3O2/c1-4-20-10(19)11(2,3)17-7-9-16-5-6-18(9)8-12(13,14)15/h5-6,17H,4,7-8H2,1-3H3. The van der Waals surface area contributed by atoms with Gasteiger partial charge in [-0.3, -0.25) is 10.1 Å². The number of halogens is 3. The molecule has 0 aliphatic rings. The lowest BCUT2D eigenvalue weighted by Gasteiger charge is -2.24. The van der Waals surface area contributed by atoms with Crippen molar-refractivity contribution in [2.45, 2.75) is 45.6 Å². The Morgan fingerprint density at radius 1 is 1.45 bits per heavy atom. The fourth-order valence-electron chi connectivity index (χ4n) is 1.53. The number of esters is 1. The summed E-state index contributed by atoms with van der Waals surface area (Å²) in [4.78, 5) is 15.5. The molecule has 1 N–H and O–H groups in total. The first-order valence-corrected chi connectivity index (χ1v) is 6.14. The molecule has 114 valence electrons. The summed E-state index contributed by atoms with van der Waals surface area (Å²) in [5, 5.41) is 2.85. The van der Waals surface area contributed by atoms with Crippen molar-refractivity contribution < 1.29 is 22.7 Å². The van der Waals surface area contributed by atoms with Crippen molar-refractivity contribution in [3.05, 3.63) is 18.2 Å². The first-order chi connectivity index (χ1) is 9.15. The van der Waals surface area contributed by atoms with Gasteiger partial charge >= 0.3 is 12.1 Å². The van der Waals surface area contributed by atoms with E-state index in [1.807, 2.05) is 0 Å². The Morgan fingerprint density at radius 2 is 2.10 bits per heavy atom. The molecule has 0 amide bonds. The summed E-state index contributed by atoms with van der Waals surface area (Å²) in [5.74, 6) is -0.256. The number of carbonyl (C=O) groups excluding carboxylic acids is 1. The maximum atomic E-state index is 12.4. The number of ether oxygens (including phenoxy) is 1. The highest BCUT2D eigenvalue weighted by Crippen LogP contribution is 2.18. The van der Waals surface area contributed by atoms with Crippen LogP contribution >= 0.6 is 0 Å². The second kappa shape index (κ2) is 6.25. The lowest BCUT2D eigenvalue weighted by atomic mass is 10.1. The molecule has 5 nitrogen and oxygen atoms in total. The average Bonchev–Trinajstić information content (AvgIpc) is 2.72. The van der Waals surface area contributed by atoms with E-state index < -0.39 is 24.2 Å². The molecule has 0 saturated carbocycles. The van der Waals surface area contributed by atoms with E-state index in [4.69, 9.17) is 4.74 Å². The van der Waals surface area contributed by atoms with Crippen LogP contribution in [0.25, 0.3) is 0 Å². The van der Waals surface area contributed by atoms with Crippen LogP contribution in [0, 0.1) is 0 Å². The summed E-state index contributed by atoms with van der Waals surface area (Å²) in [6, 6.07) is 0. The minimum absolute atomic E-state index is 0.0366. The quantitative estimate of drug-likeness (QED) is 0.814. The summed E-state index contributed by atoms with van der Waals surface area (Å²) in [7, 11) is 0. The van der Waals surface area contributed by atoms with Gasteiger partial charge in [0.25, 0.3) is 0 Å². The predicted octanol–water partition coefficient (Wildman–Crippen LogP) is 1.88. The molecular formula is C12H18F3N3O2. The summed E-state index contributed by atoms with van der Waals surface area (Å²) in [5.41, 5.74) is -0.995. The van der Waals surface area contributed by atoms with Gasteiger partial charge in [-0.2, -0.15) is 13.2 Å². The lowest BCUT2D eigenvalue weighted by molar-refractivity contribution is -0.150. The number of imidazole rings is 1. The third-order valence-electron chi connectivity index (χ3n) is 2.63. The van der Waals surface area contributed by atoms with Crippen LogP contribution < -0.4 is 5.32 Å². The maximum Gasteiger partial charge on any atom is 0.406 e. The summed E-state index contributed by atoms with van der Waals surface area (Å²) >= 11 is 0. The molecular weight excluding hydrogens is 275 g/mol. The van der Waals surface area contributed by atoms with Gasteiger partial charge in [-0.15, -0.1) is 0 Å². The van der Waals surface area contributed by atoms with Gasteiger partial charge in [0, 0.05) is 12.4 Å². The Kier molecular flexibility index (Phi) is 5.15. The number of aromatic nitrogens is 2. The van der Waals surface area contributed by atoms with Gasteiger partial charge in [-0.1, -0.05) is 0 Å². The zero-order chi connectivity index (χ0) is 15.4. The minimum Gasteiger partial charge on any atom is -0.465 e. The molecule has 0 aliphatic heterocycles. The molecule has 0 bridgehead atoms. The van der Waals surface area contributed by atoms with Crippen LogP contribution in [0.4, 0.5) is 13.2 Å². The largest absolute Gasteiger partial charge is 0.465 e. The SMILES string of the molecule is CCOC(=O)C(C)(C)NCc1nccn1CC(F)(F)F.